The van der Waals surface area contributed by atoms with Gasteiger partial charge in [0.15, 0.2) is 0 Å². The van der Waals surface area contributed by atoms with Crippen LogP contribution in [0.2, 0.25) is 0 Å². The van der Waals surface area contributed by atoms with Crippen LogP contribution in [-0.2, 0) is 19.0 Å². The Kier molecular flexibility index (Phi) is 5.89. The van der Waals surface area contributed by atoms with Crippen LogP contribution in [0.25, 0.3) is 0 Å². The van der Waals surface area contributed by atoms with Gasteiger partial charge in [-0.3, -0.25) is 0 Å². The lowest BCUT2D eigenvalue weighted by molar-refractivity contribution is -0.137. The van der Waals surface area contributed by atoms with Crippen molar-refractivity contribution in [2.75, 3.05) is 29.4 Å². The lowest BCUT2D eigenvalue weighted by Crippen LogP contribution is -2.31. The molecule has 6 nitrogen and oxygen atoms in total. The van der Waals surface area contributed by atoms with E-state index < -0.39 is 35.7 Å². The number of hydrogen-bond donors (Lipinski definition) is 1. The van der Waals surface area contributed by atoms with E-state index in [1.807, 2.05) is 11.8 Å². The highest BCUT2D eigenvalue weighted by atomic mass is 19.4. The Morgan fingerprint density at radius 3 is 2.54 bits per heavy atom. The van der Waals surface area contributed by atoms with Crippen LogP contribution < -0.4 is 15.1 Å². The van der Waals surface area contributed by atoms with Gasteiger partial charge in [-0.05, 0) is 43.9 Å². The summed E-state index contributed by atoms with van der Waals surface area (Å²) in [5.74, 6) is 0.0955. The molecule has 0 aliphatic carbocycles. The molecule has 0 aromatic carbocycles. The molecule has 0 radical (unpaired) electrons. The molecule has 5 rings (SSSR count). The van der Waals surface area contributed by atoms with Gasteiger partial charge >= 0.3 is 12.4 Å². The second-order valence-corrected chi connectivity index (χ2v) is 9.25. The molecule has 5 heterocycles. The highest BCUT2D eigenvalue weighted by Gasteiger charge is 2.37. The van der Waals surface area contributed by atoms with Crippen LogP contribution in [0.5, 0.6) is 0 Å². The number of dihydropyridines is 1. The van der Waals surface area contributed by atoms with E-state index in [1.54, 1.807) is 0 Å². The number of hydrogen-bond acceptors (Lipinski definition) is 6. The Morgan fingerprint density at radius 1 is 1.08 bits per heavy atom. The molecule has 1 N–H and O–H groups in total. The average Bonchev–Trinajstić information content (AvgIpc) is 3.16. The van der Waals surface area contributed by atoms with Gasteiger partial charge < -0.3 is 15.1 Å². The fraction of sp³-hybridized carbons (Fsp3) is 0.480. The van der Waals surface area contributed by atoms with Crippen molar-refractivity contribution in [1.29, 1.82) is 0 Å². The first-order chi connectivity index (χ1) is 18.3. The topological polar surface area (TPSA) is 57.2 Å². The summed E-state index contributed by atoms with van der Waals surface area (Å²) >= 11 is 0. The van der Waals surface area contributed by atoms with Crippen LogP contribution in [0.4, 0.5) is 38.1 Å². The fourth-order valence-corrected chi connectivity index (χ4v) is 4.94. The number of halogens is 6. The van der Waals surface area contributed by atoms with Gasteiger partial charge in [-0.25, -0.2) is 15.0 Å². The zero-order valence-electron chi connectivity index (χ0n) is 21.9. The molecule has 2 atom stereocenters. The number of fused-ring (bicyclic) bond motifs is 1. The fourth-order valence-electron chi connectivity index (χ4n) is 4.94. The van der Waals surface area contributed by atoms with Crippen LogP contribution in [0.15, 0.2) is 42.2 Å². The normalized spacial score (nSPS) is 25.4. The summed E-state index contributed by atoms with van der Waals surface area (Å²) in [5.41, 5.74) is -1.01. The third kappa shape index (κ3) is 5.10. The van der Waals surface area contributed by atoms with Gasteiger partial charge in [0.2, 0.25) is 5.95 Å². The first kappa shape index (κ1) is 22.9. The molecule has 198 valence electrons. The van der Waals surface area contributed by atoms with E-state index in [1.165, 1.54) is 17.2 Å². The van der Waals surface area contributed by atoms with Crippen molar-refractivity contribution in [3.63, 3.8) is 0 Å². The maximum absolute atomic E-state index is 13.7. The summed E-state index contributed by atoms with van der Waals surface area (Å²) in [5, 5.41) is 2.36. The first-order valence-electron chi connectivity index (χ1n) is 13.0. The Labute approximate surface area is 212 Å². The van der Waals surface area contributed by atoms with E-state index in [9.17, 15) is 26.3 Å². The molecule has 37 heavy (non-hydrogen) atoms. The predicted octanol–water partition coefficient (Wildman–Crippen LogP) is 5.13. The molecule has 0 saturated carbocycles. The molecule has 0 amide bonds. The van der Waals surface area contributed by atoms with Gasteiger partial charge in [0.1, 0.15) is 5.82 Å². The number of anilines is 2. The minimum absolute atomic E-state index is 0.0859. The number of nitrogens with one attached hydrogen (secondary N) is 1. The highest BCUT2D eigenvalue weighted by Crippen LogP contribution is 2.37. The predicted molar refractivity (Wildman–Crippen MR) is 126 cm³/mol. The average molecular weight is 527 g/mol. The van der Waals surface area contributed by atoms with Crippen molar-refractivity contribution in [2.45, 2.75) is 57.0 Å². The van der Waals surface area contributed by atoms with Crippen LogP contribution in [0.1, 0.15) is 51.0 Å². The molecule has 3 aliphatic heterocycles. The number of pyridine rings is 1. The van der Waals surface area contributed by atoms with Crippen LogP contribution in [0.3, 0.4) is 0 Å². The Hall–Kier alpha value is -3.31. The van der Waals surface area contributed by atoms with Crippen LogP contribution in [-0.4, -0.2) is 46.8 Å². The van der Waals surface area contributed by atoms with E-state index in [0.717, 1.165) is 25.0 Å². The maximum atomic E-state index is 13.7. The Morgan fingerprint density at radius 2 is 1.86 bits per heavy atom. The SMILES string of the molecule is [2H]C1=C(C(F)(F)F)C=CC([2H])(c2nc(N3CCCC3C)nc3c2CCN(c2ncccc2C(F)(F)F)CC3)N1. The molecule has 0 bridgehead atoms. The molecule has 12 heteroatoms. The molecule has 2 aromatic heterocycles. The standard InChI is InChI=1S/C25H26F6N6/c1-15-4-3-11-37(15)23-34-19-9-13-36(22-18(25(29,30)31)5-2-10-32-22)12-8-17(19)21(35-23)20-7-6-16(14-33-20)24(26,27)28/h2,5-7,10,14-15,20,33H,3-4,8-9,11-13H2,1H3/i14D,20D. The molecular weight excluding hydrogens is 498 g/mol. The van der Waals surface area contributed by atoms with E-state index in [4.69, 9.17) is 7.73 Å². The summed E-state index contributed by atoms with van der Waals surface area (Å²) in [7, 11) is 0. The zero-order chi connectivity index (χ0) is 28.2. The molecule has 1 fully saturated rings. The Bertz CT molecular complexity index is 1330. The molecule has 1 saturated heterocycles. The van der Waals surface area contributed by atoms with Crippen LogP contribution >= 0.6 is 0 Å². The van der Waals surface area contributed by atoms with Crippen LogP contribution in [0, 0.1) is 0 Å². The second kappa shape index (κ2) is 9.53. The number of aromatic nitrogens is 3. The van der Waals surface area contributed by atoms with Gasteiger partial charge in [0.25, 0.3) is 0 Å². The van der Waals surface area contributed by atoms with Gasteiger partial charge in [0.05, 0.1) is 31.3 Å². The second-order valence-electron chi connectivity index (χ2n) is 9.25. The monoisotopic (exact) mass is 526 g/mol. The van der Waals surface area contributed by atoms with Gasteiger partial charge in [-0.2, -0.15) is 26.3 Å². The number of nitrogens with zero attached hydrogens (tertiary/aromatic N) is 5. The van der Waals surface area contributed by atoms with E-state index in [0.29, 0.717) is 29.8 Å². The summed E-state index contributed by atoms with van der Waals surface area (Å²) in [6, 6.07) is 0.279. The number of rotatable bonds is 3. The van der Waals surface area contributed by atoms with Crippen molar-refractivity contribution >= 4 is 11.8 Å². The van der Waals surface area contributed by atoms with E-state index >= 15 is 0 Å². The summed E-state index contributed by atoms with van der Waals surface area (Å²) in [4.78, 5) is 16.8. The lowest BCUT2D eigenvalue weighted by atomic mass is 9.99. The minimum atomic E-state index is -4.78. The third-order valence-corrected chi connectivity index (χ3v) is 6.84. The third-order valence-electron chi connectivity index (χ3n) is 6.84. The molecule has 2 aromatic rings. The zero-order valence-corrected chi connectivity index (χ0v) is 19.9. The highest BCUT2D eigenvalue weighted by molar-refractivity contribution is 5.51. The van der Waals surface area contributed by atoms with E-state index in [2.05, 4.69) is 15.3 Å². The minimum Gasteiger partial charge on any atom is -0.379 e. The van der Waals surface area contributed by atoms with Crippen molar-refractivity contribution in [3.05, 3.63) is 64.7 Å². The maximum Gasteiger partial charge on any atom is 0.419 e. The number of alkyl halides is 6. The van der Waals surface area contributed by atoms with Gasteiger partial charge in [-0.1, -0.05) is 12.2 Å². The quantitative estimate of drug-likeness (QED) is 0.560. The lowest BCUT2D eigenvalue weighted by Gasteiger charge is -2.27. The van der Waals surface area contributed by atoms with Crippen molar-refractivity contribution in [2.24, 2.45) is 0 Å². The molecule has 0 spiro atoms. The smallest absolute Gasteiger partial charge is 0.379 e. The summed E-state index contributed by atoms with van der Waals surface area (Å²) in [6.45, 7) is 2.91. The van der Waals surface area contributed by atoms with Crippen molar-refractivity contribution < 1.29 is 29.1 Å². The molecule has 2 unspecified atom stereocenters. The number of allylic oxidation sites excluding steroid dienone is 2. The Balaban J connectivity index is 1.57. The van der Waals surface area contributed by atoms with E-state index in [-0.39, 0.29) is 43.5 Å². The van der Waals surface area contributed by atoms with Gasteiger partial charge in [0, 0.05) is 44.5 Å². The largest absolute Gasteiger partial charge is 0.419 e. The van der Waals surface area contributed by atoms with Gasteiger partial charge in [-0.15, -0.1) is 0 Å². The van der Waals surface area contributed by atoms with Crippen molar-refractivity contribution in [3.8, 4) is 0 Å². The molecule has 3 aliphatic rings. The van der Waals surface area contributed by atoms with Crippen molar-refractivity contribution in [1.82, 2.24) is 20.3 Å². The summed E-state index contributed by atoms with van der Waals surface area (Å²) in [6.07, 6.45) is -5.22. The first-order valence-corrected chi connectivity index (χ1v) is 12.0. The summed E-state index contributed by atoms with van der Waals surface area (Å²) < 4.78 is 98.2. The molecular formula is C25H26F6N6.